The number of hydrogen-bond acceptors (Lipinski definition) is 0. The van der Waals surface area contributed by atoms with Crippen LogP contribution in [0.3, 0.4) is 0 Å². The average molecular weight is 449 g/mol. The summed E-state index contributed by atoms with van der Waals surface area (Å²) in [5.41, 5.74) is 0. The van der Waals surface area contributed by atoms with E-state index in [1.54, 1.807) is 0 Å². The molecule has 23 heavy (non-hydrogen) atoms. The molecule has 0 saturated heterocycles. The molecule has 0 spiro atoms. The molecule has 0 aliphatic rings. The van der Waals surface area contributed by atoms with Crippen LogP contribution >= 0.6 is 24.8 Å². The molecular weight excluding hydrogens is 420 g/mol. The average Bonchev–Trinajstić information content (AvgIpc) is 3.05. The van der Waals surface area contributed by atoms with Crippen LogP contribution in [0, 0.1) is 28.5 Å². The van der Waals surface area contributed by atoms with Gasteiger partial charge in [-0.2, -0.15) is 35.8 Å². The number of fused-ring (bicyclic) bond motifs is 1. The maximum atomic E-state index is 2.74. The molecule has 1 nitrogen and oxygen atoms in total. The largest absolute Gasteiger partial charge is 0.484 e. The normalized spacial score (nSPS) is 6.52. The predicted octanol–water partition coefficient (Wildman–Crippen LogP) is 6.35. The maximum absolute atomic E-state index is 2.74. The summed E-state index contributed by atoms with van der Waals surface area (Å²) in [4.78, 5) is 2.74. The molecule has 132 valence electrons. The fraction of sp³-hybridized carbons (Fsp3) is 0.111. The molecular formula is C18H28Cl2NSiZr-5. The molecule has 1 N–H and O–H groups in total. The summed E-state index contributed by atoms with van der Waals surface area (Å²) >= 11 is 0. The standard InChI is InChI=1S/C9H7.C4H4N.C2H6Si.3CH3.2ClH.Zr/c1-2-5-9-7-3-6-8(9)4-1;1-2-4-5-3-1;1-3-2;;;;;;/h1-7H;1-3,5H;1-2H3;3*1H3;2*1H;/q2*-1;;3*-1;;;. The van der Waals surface area contributed by atoms with Gasteiger partial charge in [-0.05, 0) is 0 Å². The van der Waals surface area contributed by atoms with E-state index >= 15 is 0 Å². The number of rotatable bonds is 0. The fourth-order valence-electron chi connectivity index (χ4n) is 1.31. The van der Waals surface area contributed by atoms with E-state index in [-0.39, 0.29) is 73.3 Å². The Morgan fingerprint density at radius 2 is 1.52 bits per heavy atom. The zero-order valence-corrected chi connectivity index (χ0v) is 19.7. The first kappa shape index (κ1) is 38.4. The number of hydrogen-bond donors (Lipinski definition) is 1. The Hall–Kier alpha value is -0.210. The van der Waals surface area contributed by atoms with Crippen molar-refractivity contribution in [3.8, 4) is 0 Å². The van der Waals surface area contributed by atoms with Crippen LogP contribution in [0.1, 0.15) is 0 Å². The monoisotopic (exact) mass is 446 g/mol. The van der Waals surface area contributed by atoms with Gasteiger partial charge in [0.2, 0.25) is 0 Å². The number of aromatic amines is 1. The molecule has 2 radical (unpaired) electrons. The van der Waals surface area contributed by atoms with Crippen LogP contribution in [0.2, 0.25) is 13.1 Å². The Bertz CT molecular complexity index is 451. The van der Waals surface area contributed by atoms with Gasteiger partial charge in [-0.25, -0.2) is 0 Å². The molecule has 0 aliphatic heterocycles. The van der Waals surface area contributed by atoms with Gasteiger partial charge in [0.25, 0.3) is 0 Å². The zero-order chi connectivity index (χ0) is 12.3. The molecule has 0 saturated carbocycles. The first-order chi connectivity index (χ1) is 8.38. The van der Waals surface area contributed by atoms with Gasteiger partial charge in [-0.3, -0.25) is 0 Å². The van der Waals surface area contributed by atoms with Crippen molar-refractivity contribution in [1.29, 1.82) is 0 Å². The second-order valence-electron chi connectivity index (χ2n) is 3.47. The van der Waals surface area contributed by atoms with E-state index in [1.165, 1.54) is 10.8 Å². The molecule has 0 atom stereocenters. The third-order valence-electron chi connectivity index (χ3n) is 1.99. The van der Waals surface area contributed by atoms with Gasteiger partial charge in [-0.15, -0.1) is 60.7 Å². The van der Waals surface area contributed by atoms with Crippen molar-refractivity contribution in [3.05, 3.63) is 89.3 Å². The molecule has 0 aliphatic carbocycles. The number of benzene rings is 1. The minimum absolute atomic E-state index is 0. The number of aromatic nitrogens is 1. The van der Waals surface area contributed by atoms with E-state index in [0.29, 0.717) is 0 Å². The molecule has 0 amide bonds. The third kappa shape index (κ3) is 18.0. The Morgan fingerprint density at radius 3 is 1.91 bits per heavy atom. The first-order valence-electron chi connectivity index (χ1n) is 5.57. The smallest absolute Gasteiger partial charge is 0.0307 e. The van der Waals surface area contributed by atoms with Crippen LogP contribution in [0.15, 0.2) is 60.8 Å². The third-order valence-corrected chi connectivity index (χ3v) is 1.99. The number of nitrogens with one attached hydrogen (secondary N) is 1. The Kier molecular flexibility index (Phi) is 44.5. The zero-order valence-electron chi connectivity index (χ0n) is 14.6. The van der Waals surface area contributed by atoms with E-state index in [2.05, 4.69) is 66.7 Å². The van der Waals surface area contributed by atoms with Gasteiger partial charge in [0, 0.05) is 35.7 Å². The maximum Gasteiger partial charge on any atom is 0.0307 e. The molecule has 5 heteroatoms. The summed E-state index contributed by atoms with van der Waals surface area (Å²) < 4.78 is 0. The quantitative estimate of drug-likeness (QED) is 0.305. The van der Waals surface area contributed by atoms with Gasteiger partial charge in [0.15, 0.2) is 0 Å². The van der Waals surface area contributed by atoms with E-state index in [1.807, 2.05) is 18.3 Å². The minimum atomic E-state index is 0. The second kappa shape index (κ2) is 26.7. The van der Waals surface area contributed by atoms with Crippen molar-refractivity contribution in [2.75, 3.05) is 0 Å². The summed E-state index contributed by atoms with van der Waals surface area (Å²) in [6, 6.07) is 18.4. The molecule has 3 rings (SSSR count). The molecule has 0 bridgehead atoms. The SMILES string of the molecule is C[Si]C.Cl.Cl.[CH3-].[CH3-].[CH3-].[Zr].[c-]1ccc[nH]1.c1ccc2[cH-]ccc2c1. The summed E-state index contributed by atoms with van der Waals surface area (Å²) in [5, 5.41) is 2.66. The van der Waals surface area contributed by atoms with Crippen LogP contribution in [-0.2, 0) is 26.2 Å². The molecule has 0 unspecified atom stereocenters. The second-order valence-corrected chi connectivity index (χ2v) is 4.47. The van der Waals surface area contributed by atoms with Gasteiger partial charge in [-0.1, -0.05) is 19.2 Å². The molecule has 1 aromatic heterocycles. The Balaban J connectivity index is -0.0000000464. The Morgan fingerprint density at radius 1 is 0.957 bits per heavy atom. The fourth-order valence-corrected chi connectivity index (χ4v) is 1.31. The molecule has 1 heterocycles. The van der Waals surface area contributed by atoms with E-state index in [0.717, 1.165) is 9.52 Å². The first-order valence-corrected chi connectivity index (χ1v) is 7.57. The van der Waals surface area contributed by atoms with Gasteiger partial charge in [0.05, 0.1) is 0 Å². The van der Waals surface area contributed by atoms with E-state index in [9.17, 15) is 0 Å². The van der Waals surface area contributed by atoms with Crippen LogP contribution in [0.4, 0.5) is 0 Å². The molecule has 2 aromatic carbocycles. The minimum Gasteiger partial charge on any atom is -0.484 e. The van der Waals surface area contributed by atoms with Crippen molar-refractivity contribution >= 4 is 45.1 Å². The van der Waals surface area contributed by atoms with E-state index < -0.39 is 0 Å². The molecule has 0 fully saturated rings. The topological polar surface area (TPSA) is 15.8 Å². The van der Waals surface area contributed by atoms with E-state index in [4.69, 9.17) is 0 Å². The van der Waals surface area contributed by atoms with Crippen molar-refractivity contribution < 1.29 is 26.2 Å². The summed E-state index contributed by atoms with van der Waals surface area (Å²) in [5.74, 6) is 0. The Labute approximate surface area is 177 Å². The van der Waals surface area contributed by atoms with Crippen molar-refractivity contribution in [1.82, 2.24) is 4.98 Å². The van der Waals surface area contributed by atoms with Crippen LogP contribution < -0.4 is 0 Å². The van der Waals surface area contributed by atoms with Crippen molar-refractivity contribution in [2.24, 2.45) is 0 Å². The van der Waals surface area contributed by atoms with Crippen LogP contribution in [-0.4, -0.2) is 14.5 Å². The van der Waals surface area contributed by atoms with Gasteiger partial charge < -0.3 is 27.3 Å². The summed E-state index contributed by atoms with van der Waals surface area (Å²) in [7, 11) is 1.08. The summed E-state index contributed by atoms with van der Waals surface area (Å²) in [6.07, 6.45) is 4.56. The van der Waals surface area contributed by atoms with Crippen LogP contribution in [0.5, 0.6) is 0 Å². The van der Waals surface area contributed by atoms with Crippen molar-refractivity contribution in [3.63, 3.8) is 0 Å². The summed E-state index contributed by atoms with van der Waals surface area (Å²) in [6.45, 7) is 4.31. The van der Waals surface area contributed by atoms with Gasteiger partial charge in [0.1, 0.15) is 0 Å². The van der Waals surface area contributed by atoms with Crippen molar-refractivity contribution in [2.45, 2.75) is 13.1 Å². The predicted molar refractivity (Wildman–Crippen MR) is 110 cm³/mol. The number of H-pyrrole nitrogens is 1. The number of halogens is 2. The van der Waals surface area contributed by atoms with Gasteiger partial charge >= 0.3 is 0 Å². The molecule has 3 aromatic rings. The van der Waals surface area contributed by atoms with Crippen LogP contribution in [0.25, 0.3) is 10.8 Å².